The molecule has 0 bridgehead atoms. The lowest BCUT2D eigenvalue weighted by Crippen LogP contribution is -2.42. The first kappa shape index (κ1) is 34.6. The second-order valence-corrected chi connectivity index (χ2v) is 21.2. The van der Waals surface area contributed by atoms with E-state index in [0.717, 1.165) is 44.6 Å². The van der Waals surface area contributed by atoms with Crippen LogP contribution in [0.5, 0.6) is 0 Å². The van der Waals surface area contributed by atoms with Gasteiger partial charge in [-0.2, -0.15) is 0 Å². The predicted octanol–water partition coefficient (Wildman–Crippen LogP) is 7.49. The van der Waals surface area contributed by atoms with Crippen LogP contribution in [0.4, 0.5) is 0 Å². The molecule has 0 fully saturated rings. The third-order valence-electron chi connectivity index (χ3n) is 5.62. The molecule has 0 aromatic rings. The minimum atomic E-state index is -1.03. The van der Waals surface area contributed by atoms with E-state index >= 15 is 0 Å². The molecule has 0 N–H and O–H groups in total. The van der Waals surface area contributed by atoms with E-state index in [0.29, 0.717) is 19.8 Å². The summed E-state index contributed by atoms with van der Waals surface area (Å²) in [6.07, 6.45) is 8.97. The third kappa shape index (κ3) is 17.7. The van der Waals surface area contributed by atoms with Gasteiger partial charge in [0.25, 0.3) is 5.97 Å². The molecule has 6 radical (unpaired) electrons. The maximum atomic E-state index is 6.53. The SMILES string of the molecule is C[Si](C)C(Cl)CCOC(CCCCCCC[Si])(OCCC(Cl)[Si](C)C)OCCC(Cl)[Si](C)C. The van der Waals surface area contributed by atoms with Crippen molar-refractivity contribution >= 4 is 71.4 Å². The van der Waals surface area contributed by atoms with Crippen LogP contribution >= 0.6 is 34.8 Å². The molecule has 0 aromatic carbocycles. The lowest BCUT2D eigenvalue weighted by Gasteiger charge is -2.35. The molecule has 0 heterocycles. The first-order valence-corrected chi connectivity index (χ1v) is 22.2. The van der Waals surface area contributed by atoms with E-state index in [1.165, 1.54) is 19.3 Å². The second-order valence-electron chi connectivity index (χ2n) is 9.50. The molecule has 0 saturated carbocycles. The molecule has 3 unspecified atom stereocenters. The normalized spacial score (nSPS) is 17.0. The summed E-state index contributed by atoms with van der Waals surface area (Å²) in [6.45, 7) is 15.0. The highest BCUT2D eigenvalue weighted by Crippen LogP contribution is 2.27. The smallest absolute Gasteiger partial charge is 0.282 e. The molecule has 3 nitrogen and oxygen atoms in total. The maximum absolute atomic E-state index is 6.53. The Morgan fingerprint density at radius 3 is 1.27 bits per heavy atom. The van der Waals surface area contributed by atoms with Crippen LogP contribution in [0, 0.1) is 0 Å². The Labute approximate surface area is 228 Å². The van der Waals surface area contributed by atoms with Crippen LogP contribution in [0.2, 0.25) is 45.3 Å². The monoisotopic (exact) mass is 588 g/mol. The van der Waals surface area contributed by atoms with Gasteiger partial charge in [0.1, 0.15) is 0 Å². The van der Waals surface area contributed by atoms with Crippen molar-refractivity contribution in [2.75, 3.05) is 19.8 Å². The van der Waals surface area contributed by atoms with Crippen LogP contribution in [0.15, 0.2) is 0 Å². The number of rotatable bonds is 22. The Morgan fingerprint density at radius 2 is 0.939 bits per heavy atom. The quantitative estimate of drug-likeness (QED) is 0.0566. The lowest BCUT2D eigenvalue weighted by atomic mass is 10.1. The van der Waals surface area contributed by atoms with Crippen molar-refractivity contribution in [3.8, 4) is 0 Å². The zero-order chi connectivity index (χ0) is 25.3. The topological polar surface area (TPSA) is 27.7 Å². The van der Waals surface area contributed by atoms with E-state index in [2.05, 4.69) is 49.5 Å². The molecule has 0 rings (SSSR count). The summed E-state index contributed by atoms with van der Waals surface area (Å²) in [6, 6.07) is 1.06. The fraction of sp³-hybridized carbons (Fsp3) is 1.00. The first-order valence-electron chi connectivity index (χ1n) is 12.4. The van der Waals surface area contributed by atoms with Crippen LogP contribution in [0.3, 0.4) is 0 Å². The maximum Gasteiger partial charge on any atom is 0.282 e. The average Bonchev–Trinajstić information content (AvgIpc) is 2.75. The Morgan fingerprint density at radius 1 is 0.606 bits per heavy atom. The highest BCUT2D eigenvalue weighted by atomic mass is 35.5. The summed E-state index contributed by atoms with van der Waals surface area (Å²) in [7, 11) is 1.88. The van der Waals surface area contributed by atoms with Gasteiger partial charge in [-0.25, -0.2) is 0 Å². The van der Waals surface area contributed by atoms with Crippen LogP contribution in [0.25, 0.3) is 0 Å². The molecule has 0 amide bonds. The number of hydrogen-bond donors (Lipinski definition) is 0. The minimum Gasteiger partial charge on any atom is -0.327 e. The highest BCUT2D eigenvalue weighted by Gasteiger charge is 2.34. The Bertz CT molecular complexity index is 412. The molecule has 194 valence electrons. The van der Waals surface area contributed by atoms with Crippen molar-refractivity contribution in [1.82, 2.24) is 0 Å². The first-order chi connectivity index (χ1) is 15.5. The Hall–Kier alpha value is 1.62. The molecule has 3 atom stereocenters. The summed E-state index contributed by atoms with van der Waals surface area (Å²) in [5.41, 5.74) is 0. The molecule has 0 aliphatic heterocycles. The number of alkyl halides is 3. The van der Waals surface area contributed by atoms with E-state index in [-0.39, 0.29) is 15.0 Å². The van der Waals surface area contributed by atoms with E-state index in [1.54, 1.807) is 0 Å². The molecular formula is C23H47Cl3O3Si4. The molecule has 10 heteroatoms. The predicted molar refractivity (Wildman–Crippen MR) is 154 cm³/mol. The Balaban J connectivity index is 5.17. The third-order valence-corrected chi connectivity index (χ3v) is 15.2. The Kier molecular flexibility index (Phi) is 21.7. The van der Waals surface area contributed by atoms with Crippen molar-refractivity contribution in [2.24, 2.45) is 0 Å². The zero-order valence-corrected chi connectivity index (χ0v) is 28.1. The van der Waals surface area contributed by atoms with Gasteiger partial charge in [-0.3, -0.25) is 0 Å². The van der Waals surface area contributed by atoms with Gasteiger partial charge in [-0.15, -0.1) is 34.8 Å². The molecule has 0 saturated heterocycles. The summed E-state index contributed by atoms with van der Waals surface area (Å²) in [5.74, 6) is -1.03. The van der Waals surface area contributed by atoms with Gasteiger partial charge in [0.15, 0.2) is 0 Å². The van der Waals surface area contributed by atoms with E-state index in [4.69, 9.17) is 49.0 Å². The van der Waals surface area contributed by atoms with E-state index in [1.807, 2.05) is 0 Å². The van der Waals surface area contributed by atoms with E-state index < -0.39 is 32.4 Å². The van der Waals surface area contributed by atoms with Crippen LogP contribution in [0.1, 0.15) is 57.8 Å². The molecule has 33 heavy (non-hydrogen) atoms. The average molecular weight is 590 g/mol. The van der Waals surface area contributed by atoms with Gasteiger partial charge in [0.05, 0.1) is 46.2 Å². The molecule has 0 aliphatic rings. The summed E-state index contributed by atoms with van der Waals surface area (Å²) < 4.78 is 19.1. The summed E-state index contributed by atoms with van der Waals surface area (Å²) in [5, 5.41) is 0.519. The minimum absolute atomic E-state index is 0.173. The fourth-order valence-electron chi connectivity index (χ4n) is 3.16. The molecule has 0 spiro atoms. The van der Waals surface area contributed by atoms with Gasteiger partial charge in [-0.05, 0) is 25.7 Å². The molecular weight excluding hydrogens is 543 g/mol. The standard InChI is InChI=1S/C23H47Cl3O3Si4/c1-31(2)20(24)12-16-27-23(15-10-8-7-9-11-19-30,28-17-13-21(25)32(3)4)29-18-14-22(26)33(5)6/h20-22H,7-19H2,1-6H3. The second kappa shape index (κ2) is 20.6. The van der Waals surface area contributed by atoms with Crippen LogP contribution in [-0.4, -0.2) is 77.4 Å². The number of ether oxygens (including phenoxy) is 3. The fourth-order valence-corrected chi connectivity index (χ4v) is 5.76. The van der Waals surface area contributed by atoms with Crippen molar-refractivity contribution in [2.45, 2.75) is 124 Å². The van der Waals surface area contributed by atoms with Gasteiger partial charge in [0.2, 0.25) is 0 Å². The van der Waals surface area contributed by atoms with Gasteiger partial charge >= 0.3 is 0 Å². The molecule has 0 aromatic heterocycles. The van der Waals surface area contributed by atoms with Crippen molar-refractivity contribution in [1.29, 1.82) is 0 Å². The zero-order valence-electron chi connectivity index (χ0n) is 21.8. The number of halogens is 3. The van der Waals surface area contributed by atoms with E-state index in [9.17, 15) is 0 Å². The van der Waals surface area contributed by atoms with Gasteiger partial charge in [0, 0.05) is 31.7 Å². The summed E-state index contributed by atoms with van der Waals surface area (Å²) >= 11 is 19.6. The van der Waals surface area contributed by atoms with Gasteiger partial charge in [-0.1, -0.05) is 71.0 Å². The van der Waals surface area contributed by atoms with Gasteiger partial charge < -0.3 is 14.2 Å². The number of hydrogen-bond acceptors (Lipinski definition) is 3. The van der Waals surface area contributed by atoms with Crippen molar-refractivity contribution in [3.05, 3.63) is 0 Å². The highest BCUT2D eigenvalue weighted by molar-refractivity contribution is 6.68. The van der Waals surface area contributed by atoms with Crippen molar-refractivity contribution in [3.63, 3.8) is 0 Å². The molecule has 0 aliphatic carbocycles. The number of unbranched alkanes of at least 4 members (excludes halogenated alkanes) is 4. The van der Waals surface area contributed by atoms with Crippen LogP contribution < -0.4 is 0 Å². The largest absolute Gasteiger partial charge is 0.327 e. The summed E-state index contributed by atoms with van der Waals surface area (Å²) in [4.78, 5) is 0. The van der Waals surface area contributed by atoms with Crippen molar-refractivity contribution < 1.29 is 14.2 Å². The van der Waals surface area contributed by atoms with Crippen LogP contribution in [-0.2, 0) is 14.2 Å². The lowest BCUT2D eigenvalue weighted by molar-refractivity contribution is -0.384.